The van der Waals surface area contributed by atoms with Crippen molar-refractivity contribution in [2.75, 3.05) is 5.73 Å². The van der Waals surface area contributed by atoms with Crippen molar-refractivity contribution >= 4 is 66.9 Å². The van der Waals surface area contributed by atoms with E-state index < -0.39 is 16.4 Å². The van der Waals surface area contributed by atoms with Gasteiger partial charge in [-0.25, -0.2) is 0 Å². The van der Waals surface area contributed by atoms with Gasteiger partial charge in [0.25, 0.3) is 12.2 Å². The van der Waals surface area contributed by atoms with Crippen LogP contribution in [0.3, 0.4) is 0 Å². The number of halogens is 1. The Morgan fingerprint density at radius 2 is 0.841 bits per heavy atom. The average molecular weight is 889 g/mol. The van der Waals surface area contributed by atoms with E-state index in [0.717, 1.165) is 60.1 Å². The maximum absolute atomic E-state index is 14.9. The Balaban J connectivity index is 0.000000248. The average Bonchev–Trinajstić information content (AvgIpc) is 3.34. The molecule has 0 atom stereocenters. The fourth-order valence-corrected chi connectivity index (χ4v) is 7.43. The molecule has 302 valence electrons. The van der Waals surface area contributed by atoms with Gasteiger partial charge in [-0.05, 0) is 55.9 Å². The molecule has 11 nitrogen and oxygen atoms in total. The summed E-state index contributed by atoms with van der Waals surface area (Å²) < 4.78 is 14.9. The second-order valence-electron chi connectivity index (χ2n) is 13.5. The van der Waals surface area contributed by atoms with E-state index in [1.54, 1.807) is 30.3 Å². The third kappa shape index (κ3) is 10.8. The summed E-state index contributed by atoms with van der Waals surface area (Å²) in [6, 6.07) is 56.2. The Hall–Kier alpha value is -5.21. The van der Waals surface area contributed by atoms with E-state index in [4.69, 9.17) is 15.8 Å². The SMILES string of the molecule is Nc1ccccc1-c1ccccc1-c1ccccc1-c1cccc([N+](=O)[O-])c1F.O=CO[O-].O=[N+]([O-])c1cccc2c1[nH]c1ccccc1c1ccccc1c1ccccc21.[H-].[K+].[K+]. The molecule has 8 aromatic carbocycles. The van der Waals surface area contributed by atoms with Crippen molar-refractivity contribution in [2.24, 2.45) is 0 Å². The standard InChI is InChI=1S/C24H17FN2O2.C24H16N2O2.CH2O3.2K.H/c25-24-21(13-7-15-23(24)27(28)29)19-11-4-2-9-17(19)16-8-1-3-10-18(16)20-12-5-6-14-22(20)26;27-26(28)23-15-7-13-21-19-11-4-2-9-17(19)16-8-1-3-10-18(16)20-12-5-6-14-22(20)25-24(21)23;2-1-4-3;;;/h1-15H,26H2;1-15,25H;1,3H;;;/q;;;2*+1;-1/p-1. The van der Waals surface area contributed by atoms with Crippen molar-refractivity contribution in [2.45, 2.75) is 0 Å². The number of hydrogen-bond donors (Lipinski definition) is 2. The van der Waals surface area contributed by atoms with E-state index in [2.05, 4.69) is 28.1 Å². The molecule has 0 aliphatic rings. The molecule has 0 aliphatic heterocycles. The van der Waals surface area contributed by atoms with Gasteiger partial charge in [0.2, 0.25) is 5.82 Å². The molecule has 0 amide bonds. The van der Waals surface area contributed by atoms with Gasteiger partial charge in [0.15, 0.2) is 0 Å². The van der Waals surface area contributed by atoms with Crippen LogP contribution in [0, 0.1) is 26.0 Å². The van der Waals surface area contributed by atoms with Crippen LogP contribution >= 0.6 is 0 Å². The van der Waals surface area contributed by atoms with Crippen molar-refractivity contribution in [3.63, 3.8) is 0 Å². The third-order valence-electron chi connectivity index (χ3n) is 10.1. The Morgan fingerprint density at radius 1 is 0.492 bits per heavy atom. The summed E-state index contributed by atoms with van der Waals surface area (Å²) in [6.07, 6.45) is 0. The van der Waals surface area contributed by atoms with E-state index in [1.807, 2.05) is 121 Å². The number of carbonyl (C=O) groups excluding carboxylic acids is 1. The minimum Gasteiger partial charge on any atom is -1.00 e. The summed E-state index contributed by atoms with van der Waals surface area (Å²) in [5.41, 5.74) is 11.9. The van der Waals surface area contributed by atoms with Crippen LogP contribution in [0.1, 0.15) is 1.43 Å². The largest absolute Gasteiger partial charge is 1.00 e. The number of hydrogen-bond acceptors (Lipinski definition) is 8. The number of nitrogen functional groups attached to an aromatic ring is 1. The number of nitrogens with zero attached hydrogens (tertiary/aromatic N) is 2. The zero-order chi connectivity index (χ0) is 42.9. The number of para-hydroxylation sites is 3. The molecule has 3 N–H and O–H groups in total. The quantitative estimate of drug-likeness (QED) is 0.0547. The fourth-order valence-electron chi connectivity index (χ4n) is 7.43. The molecule has 9 rings (SSSR count). The maximum Gasteiger partial charge on any atom is 1.00 e. The van der Waals surface area contributed by atoms with Crippen molar-refractivity contribution in [3.8, 4) is 33.4 Å². The van der Waals surface area contributed by atoms with E-state index in [1.165, 1.54) is 12.1 Å². The molecule has 0 spiro atoms. The first kappa shape index (κ1) is 48.8. The maximum atomic E-state index is 14.9. The van der Waals surface area contributed by atoms with Crippen LogP contribution in [-0.2, 0) is 9.68 Å². The number of anilines is 1. The van der Waals surface area contributed by atoms with Crippen LogP contribution in [0.5, 0.6) is 0 Å². The molecular weight excluding hydrogens is 854 g/mol. The van der Waals surface area contributed by atoms with Crippen LogP contribution in [0.25, 0.3) is 76.7 Å². The van der Waals surface area contributed by atoms with Crippen LogP contribution in [0.15, 0.2) is 182 Å². The molecule has 0 saturated carbocycles. The van der Waals surface area contributed by atoms with Gasteiger partial charge in [-0.15, -0.1) is 0 Å². The second-order valence-corrected chi connectivity index (χ2v) is 13.5. The summed E-state index contributed by atoms with van der Waals surface area (Å²) >= 11 is 0. The van der Waals surface area contributed by atoms with Crippen LogP contribution < -0.4 is 114 Å². The monoisotopic (exact) mass is 888 g/mol. The Kier molecular flexibility index (Phi) is 17.8. The number of H-pyrrole nitrogens is 1. The predicted molar refractivity (Wildman–Crippen MR) is 237 cm³/mol. The number of non-ortho nitro benzene ring substituents is 1. The van der Waals surface area contributed by atoms with Crippen LogP contribution in [0.4, 0.5) is 21.5 Å². The molecular formula is C49H35FK2N4O7. The number of nitro benzene ring substituents is 2. The number of nitrogens with two attached hydrogens (primary N) is 1. The smallest absolute Gasteiger partial charge is 1.00 e. The number of aromatic amines is 1. The van der Waals surface area contributed by atoms with Crippen LogP contribution in [-0.4, -0.2) is 21.3 Å². The van der Waals surface area contributed by atoms with Gasteiger partial charge in [-0.1, -0.05) is 158 Å². The summed E-state index contributed by atoms with van der Waals surface area (Å²) in [7, 11) is 0. The number of nitrogens with one attached hydrogen (secondary N) is 1. The van der Waals surface area contributed by atoms with E-state index >= 15 is 0 Å². The Labute approximate surface area is 446 Å². The molecule has 0 saturated heterocycles. The summed E-state index contributed by atoms with van der Waals surface area (Å²) in [4.78, 5) is 36.5. The van der Waals surface area contributed by atoms with Crippen LogP contribution in [0.2, 0.25) is 0 Å². The third-order valence-corrected chi connectivity index (χ3v) is 10.1. The predicted octanol–water partition coefficient (Wildman–Crippen LogP) is 5.53. The molecule has 0 aliphatic carbocycles. The van der Waals surface area contributed by atoms with E-state index in [0.29, 0.717) is 16.8 Å². The number of nitro groups is 2. The van der Waals surface area contributed by atoms with Crippen molar-refractivity contribution in [3.05, 3.63) is 208 Å². The second kappa shape index (κ2) is 22.9. The summed E-state index contributed by atoms with van der Waals surface area (Å²) in [5.74, 6) is -0.846. The van der Waals surface area contributed by atoms with Crippen molar-refractivity contribution < 1.29 is 133 Å². The minimum atomic E-state index is -0.846. The van der Waals surface area contributed by atoms with Gasteiger partial charge in [-0.2, -0.15) is 4.39 Å². The van der Waals surface area contributed by atoms with Gasteiger partial charge in [0, 0.05) is 45.2 Å². The van der Waals surface area contributed by atoms with Gasteiger partial charge < -0.3 is 22.3 Å². The normalized spacial score (nSPS) is 10.2. The number of fused-ring (bicyclic) bond motifs is 7. The Morgan fingerprint density at radius 3 is 1.35 bits per heavy atom. The Bertz CT molecular complexity index is 3190. The summed E-state index contributed by atoms with van der Waals surface area (Å²) in [6.45, 7) is -0.181. The zero-order valence-electron chi connectivity index (χ0n) is 35.1. The van der Waals surface area contributed by atoms with Gasteiger partial charge in [-0.3, -0.25) is 25.0 Å². The minimum absolute atomic E-state index is 0. The molecule has 0 bridgehead atoms. The fraction of sp³-hybridized carbons (Fsp3) is 0. The molecule has 9 aromatic rings. The zero-order valence-corrected chi connectivity index (χ0v) is 40.4. The van der Waals surface area contributed by atoms with Gasteiger partial charge >= 0.3 is 108 Å². The summed E-state index contributed by atoms with van der Waals surface area (Å²) in [5, 5.41) is 37.4. The van der Waals surface area contributed by atoms with E-state index in [-0.39, 0.29) is 127 Å². The van der Waals surface area contributed by atoms with Gasteiger partial charge in [0.05, 0.1) is 9.85 Å². The molecule has 1 aromatic heterocycles. The number of carbonyl (C=O) groups is 1. The molecule has 14 heteroatoms. The number of rotatable bonds is 6. The topological polar surface area (TPSA) is 177 Å². The number of aromatic nitrogens is 1. The first-order valence-corrected chi connectivity index (χ1v) is 18.7. The number of benzene rings is 8. The van der Waals surface area contributed by atoms with E-state index in [9.17, 15) is 24.6 Å². The molecule has 63 heavy (non-hydrogen) atoms. The molecule has 0 radical (unpaired) electrons. The molecule has 0 fully saturated rings. The van der Waals surface area contributed by atoms with Gasteiger partial charge in [0.1, 0.15) is 5.52 Å². The molecule has 0 unspecified atom stereocenters. The van der Waals surface area contributed by atoms with Crippen molar-refractivity contribution in [1.82, 2.24) is 4.98 Å². The molecule has 1 heterocycles. The first-order chi connectivity index (χ1) is 29.7. The van der Waals surface area contributed by atoms with Crippen molar-refractivity contribution in [1.29, 1.82) is 0 Å². The first-order valence-electron chi connectivity index (χ1n) is 18.7.